The normalized spacial score (nSPS) is 10.4. The second-order valence-electron chi connectivity index (χ2n) is 3.53. The van der Waals surface area contributed by atoms with Crippen LogP contribution in [0, 0.1) is 6.92 Å². The van der Waals surface area contributed by atoms with E-state index in [1.165, 1.54) is 0 Å². The van der Waals surface area contributed by atoms with Crippen molar-refractivity contribution in [3.05, 3.63) is 56.4 Å². The first-order valence-corrected chi connectivity index (χ1v) is 5.48. The van der Waals surface area contributed by atoms with Gasteiger partial charge in [-0.05, 0) is 36.2 Å². The van der Waals surface area contributed by atoms with E-state index in [0.717, 1.165) is 11.1 Å². The molecule has 2 aromatic rings. The molecule has 2 nitrogen and oxygen atoms in total. The molecular formula is C12H9Cl2NO. The van der Waals surface area contributed by atoms with E-state index >= 15 is 0 Å². The molecule has 16 heavy (non-hydrogen) atoms. The lowest BCUT2D eigenvalue weighted by Crippen LogP contribution is -2.07. The number of benzene rings is 1. The van der Waals surface area contributed by atoms with Crippen molar-refractivity contribution in [3.8, 4) is 11.1 Å². The van der Waals surface area contributed by atoms with Crippen LogP contribution in [0.5, 0.6) is 0 Å². The van der Waals surface area contributed by atoms with E-state index in [1.54, 1.807) is 25.3 Å². The molecule has 0 atom stereocenters. The third kappa shape index (κ3) is 2.13. The van der Waals surface area contributed by atoms with E-state index in [4.69, 9.17) is 23.2 Å². The van der Waals surface area contributed by atoms with Crippen LogP contribution in [-0.2, 0) is 0 Å². The zero-order valence-electron chi connectivity index (χ0n) is 8.55. The lowest BCUT2D eigenvalue weighted by atomic mass is 10.1. The summed E-state index contributed by atoms with van der Waals surface area (Å²) in [4.78, 5) is 13.9. The number of aromatic amines is 1. The molecule has 0 spiro atoms. The monoisotopic (exact) mass is 253 g/mol. The van der Waals surface area contributed by atoms with Crippen molar-refractivity contribution < 1.29 is 0 Å². The maximum absolute atomic E-state index is 11.2. The molecule has 0 unspecified atom stereocenters. The highest BCUT2D eigenvalue weighted by Gasteiger charge is 2.03. The third-order valence-electron chi connectivity index (χ3n) is 2.34. The van der Waals surface area contributed by atoms with Gasteiger partial charge < -0.3 is 4.98 Å². The largest absolute Gasteiger partial charge is 0.328 e. The Morgan fingerprint density at radius 2 is 1.81 bits per heavy atom. The van der Waals surface area contributed by atoms with Gasteiger partial charge >= 0.3 is 0 Å². The van der Waals surface area contributed by atoms with Crippen molar-refractivity contribution in [3.63, 3.8) is 0 Å². The summed E-state index contributed by atoms with van der Waals surface area (Å²) in [5.74, 6) is 0. The molecule has 1 aromatic heterocycles. The summed E-state index contributed by atoms with van der Waals surface area (Å²) in [7, 11) is 0. The minimum Gasteiger partial charge on any atom is -0.328 e. The highest BCUT2D eigenvalue weighted by Crippen LogP contribution is 2.27. The topological polar surface area (TPSA) is 32.9 Å². The van der Waals surface area contributed by atoms with Crippen LogP contribution in [0.15, 0.2) is 35.3 Å². The molecule has 0 bridgehead atoms. The van der Waals surface area contributed by atoms with Crippen LogP contribution in [0.1, 0.15) is 5.56 Å². The Kier molecular flexibility index (Phi) is 3.03. The van der Waals surface area contributed by atoms with Gasteiger partial charge in [0.15, 0.2) is 0 Å². The fourth-order valence-electron chi connectivity index (χ4n) is 1.44. The Morgan fingerprint density at radius 3 is 2.44 bits per heavy atom. The van der Waals surface area contributed by atoms with Gasteiger partial charge in [-0.2, -0.15) is 0 Å². The van der Waals surface area contributed by atoms with Crippen molar-refractivity contribution in [2.24, 2.45) is 0 Å². The van der Waals surface area contributed by atoms with Gasteiger partial charge in [0.1, 0.15) is 0 Å². The number of pyridine rings is 1. The number of aryl methyl sites for hydroxylation is 1. The lowest BCUT2D eigenvalue weighted by molar-refractivity contribution is 1.18. The first-order chi connectivity index (χ1) is 7.58. The van der Waals surface area contributed by atoms with Crippen molar-refractivity contribution in [2.75, 3.05) is 0 Å². The number of halogens is 2. The van der Waals surface area contributed by atoms with E-state index in [1.807, 2.05) is 12.1 Å². The minimum atomic E-state index is -0.0798. The zero-order valence-corrected chi connectivity index (χ0v) is 10.1. The zero-order chi connectivity index (χ0) is 11.7. The fourth-order valence-corrected chi connectivity index (χ4v) is 1.74. The number of aromatic nitrogens is 1. The Bertz CT molecular complexity index is 590. The first kappa shape index (κ1) is 11.2. The molecule has 0 radical (unpaired) electrons. The predicted molar refractivity (Wildman–Crippen MR) is 67.3 cm³/mol. The predicted octanol–water partition coefficient (Wildman–Crippen LogP) is 3.66. The molecule has 0 aliphatic heterocycles. The fraction of sp³-hybridized carbons (Fsp3) is 0.0833. The number of H-pyrrole nitrogens is 1. The summed E-state index contributed by atoms with van der Waals surface area (Å²) in [6.07, 6.45) is 1.66. The van der Waals surface area contributed by atoms with Crippen molar-refractivity contribution in [2.45, 2.75) is 6.92 Å². The maximum atomic E-state index is 11.2. The molecule has 0 amide bonds. The number of rotatable bonds is 1. The Morgan fingerprint density at radius 1 is 1.06 bits per heavy atom. The maximum Gasteiger partial charge on any atom is 0.250 e. The van der Waals surface area contributed by atoms with Crippen molar-refractivity contribution in [1.82, 2.24) is 4.98 Å². The van der Waals surface area contributed by atoms with E-state index in [-0.39, 0.29) is 5.56 Å². The van der Waals surface area contributed by atoms with Gasteiger partial charge in [-0.1, -0.05) is 29.3 Å². The number of nitrogens with one attached hydrogen (secondary N) is 1. The standard InChI is InChI=1S/C12H9Cl2NO/c1-7-4-9(6-15-12(7)16)8-2-3-10(13)11(14)5-8/h2-6H,1H3,(H,15,16). The summed E-state index contributed by atoms with van der Waals surface area (Å²) in [6.45, 7) is 1.76. The highest BCUT2D eigenvalue weighted by atomic mass is 35.5. The summed E-state index contributed by atoms with van der Waals surface area (Å²) in [5.41, 5.74) is 2.43. The SMILES string of the molecule is Cc1cc(-c2ccc(Cl)c(Cl)c2)c[nH]c1=O. The molecular weight excluding hydrogens is 245 g/mol. The summed E-state index contributed by atoms with van der Waals surface area (Å²) in [6, 6.07) is 7.19. The molecule has 0 fully saturated rings. The second kappa shape index (κ2) is 4.32. The molecule has 0 aliphatic carbocycles. The van der Waals surface area contributed by atoms with Crippen molar-refractivity contribution >= 4 is 23.2 Å². The van der Waals surface area contributed by atoms with Crippen LogP contribution in [0.3, 0.4) is 0 Å². The van der Waals surface area contributed by atoms with Crippen LogP contribution in [-0.4, -0.2) is 4.98 Å². The summed E-state index contributed by atoms with van der Waals surface area (Å²) >= 11 is 11.8. The average Bonchev–Trinajstić information content (AvgIpc) is 2.26. The molecule has 2 rings (SSSR count). The molecule has 82 valence electrons. The van der Waals surface area contributed by atoms with E-state index in [0.29, 0.717) is 15.6 Å². The molecule has 0 saturated carbocycles. The van der Waals surface area contributed by atoms with E-state index in [9.17, 15) is 4.79 Å². The van der Waals surface area contributed by atoms with Gasteiger partial charge in [0, 0.05) is 11.8 Å². The molecule has 0 saturated heterocycles. The lowest BCUT2D eigenvalue weighted by Gasteiger charge is -2.04. The second-order valence-corrected chi connectivity index (χ2v) is 4.34. The number of hydrogen-bond donors (Lipinski definition) is 1. The highest BCUT2D eigenvalue weighted by molar-refractivity contribution is 6.42. The van der Waals surface area contributed by atoms with Gasteiger partial charge in [0.25, 0.3) is 5.56 Å². The summed E-state index contributed by atoms with van der Waals surface area (Å²) in [5, 5.41) is 1.02. The van der Waals surface area contributed by atoms with Gasteiger partial charge in [-0.15, -0.1) is 0 Å². The van der Waals surface area contributed by atoms with Gasteiger partial charge in [-0.3, -0.25) is 4.79 Å². The molecule has 4 heteroatoms. The quantitative estimate of drug-likeness (QED) is 0.827. The van der Waals surface area contributed by atoms with Crippen LogP contribution in [0.4, 0.5) is 0 Å². The van der Waals surface area contributed by atoms with Crippen LogP contribution < -0.4 is 5.56 Å². The Balaban J connectivity index is 2.54. The first-order valence-electron chi connectivity index (χ1n) is 4.72. The molecule has 0 aliphatic rings. The van der Waals surface area contributed by atoms with Crippen LogP contribution in [0.2, 0.25) is 10.0 Å². The van der Waals surface area contributed by atoms with Gasteiger partial charge in [0.05, 0.1) is 10.0 Å². The Hall–Kier alpha value is -1.25. The molecule has 1 aromatic carbocycles. The summed E-state index contributed by atoms with van der Waals surface area (Å²) < 4.78 is 0. The molecule has 1 N–H and O–H groups in total. The minimum absolute atomic E-state index is 0.0798. The van der Waals surface area contributed by atoms with Gasteiger partial charge in [-0.25, -0.2) is 0 Å². The van der Waals surface area contributed by atoms with Crippen LogP contribution in [0.25, 0.3) is 11.1 Å². The molecule has 1 heterocycles. The van der Waals surface area contributed by atoms with E-state index in [2.05, 4.69) is 4.98 Å². The van der Waals surface area contributed by atoms with Gasteiger partial charge in [0.2, 0.25) is 0 Å². The smallest absolute Gasteiger partial charge is 0.250 e. The van der Waals surface area contributed by atoms with E-state index < -0.39 is 0 Å². The van der Waals surface area contributed by atoms with Crippen LogP contribution >= 0.6 is 23.2 Å². The van der Waals surface area contributed by atoms with Crippen molar-refractivity contribution in [1.29, 1.82) is 0 Å². The third-order valence-corrected chi connectivity index (χ3v) is 3.08. The average molecular weight is 254 g/mol. The number of hydrogen-bond acceptors (Lipinski definition) is 1. The Labute approximate surface area is 103 Å².